The predicted molar refractivity (Wildman–Crippen MR) is 72.4 cm³/mol. The largest absolute Gasteiger partial charge is 0.341 e. The number of carbonyl (C=O) groups excluding carboxylic acids is 1. The van der Waals surface area contributed by atoms with Crippen molar-refractivity contribution in [2.75, 3.05) is 19.6 Å². The molecular weight excluding hydrogens is 242 g/mol. The van der Waals surface area contributed by atoms with Gasteiger partial charge >= 0.3 is 0 Å². The summed E-state index contributed by atoms with van der Waals surface area (Å²) >= 11 is 0. The van der Waals surface area contributed by atoms with E-state index in [-0.39, 0.29) is 5.91 Å². The standard InChI is InChI=1S/C13H23N5O/c1-11-4-7-17(8-5-11)13(19)10-18-9-12(15-16-18)3-2-6-14/h9,11H,2-8,10,14H2,1H3. The van der Waals surface area contributed by atoms with Gasteiger partial charge in [-0.25, -0.2) is 4.68 Å². The first-order chi connectivity index (χ1) is 9.19. The lowest BCUT2D eigenvalue weighted by Crippen LogP contribution is -2.39. The summed E-state index contributed by atoms with van der Waals surface area (Å²) in [6, 6.07) is 0. The second kappa shape index (κ2) is 6.65. The molecule has 19 heavy (non-hydrogen) atoms. The van der Waals surface area contributed by atoms with E-state index in [1.54, 1.807) is 4.68 Å². The summed E-state index contributed by atoms with van der Waals surface area (Å²) in [6.07, 6.45) is 5.78. The average molecular weight is 265 g/mol. The number of hydrogen-bond acceptors (Lipinski definition) is 4. The van der Waals surface area contributed by atoms with Gasteiger partial charge in [-0.15, -0.1) is 5.10 Å². The second-order valence-corrected chi connectivity index (χ2v) is 5.36. The number of rotatable bonds is 5. The fourth-order valence-electron chi connectivity index (χ4n) is 2.31. The van der Waals surface area contributed by atoms with Gasteiger partial charge in [0, 0.05) is 19.3 Å². The van der Waals surface area contributed by atoms with Crippen LogP contribution in [0.1, 0.15) is 31.9 Å². The van der Waals surface area contributed by atoms with Crippen LogP contribution in [0.2, 0.25) is 0 Å². The third-order valence-corrected chi connectivity index (χ3v) is 3.66. The Bertz CT molecular complexity index is 409. The molecule has 1 aromatic heterocycles. The molecule has 1 aliphatic heterocycles. The van der Waals surface area contributed by atoms with Gasteiger partial charge in [-0.05, 0) is 38.1 Å². The average Bonchev–Trinajstić information content (AvgIpc) is 2.84. The number of aromatic nitrogens is 3. The van der Waals surface area contributed by atoms with Crippen LogP contribution in [0.4, 0.5) is 0 Å². The molecule has 0 spiro atoms. The van der Waals surface area contributed by atoms with Crippen LogP contribution in [0, 0.1) is 5.92 Å². The van der Waals surface area contributed by atoms with E-state index < -0.39 is 0 Å². The Hall–Kier alpha value is -1.43. The Labute approximate surface area is 113 Å². The Kier molecular flexibility index (Phi) is 4.90. The first kappa shape index (κ1) is 14.0. The van der Waals surface area contributed by atoms with E-state index >= 15 is 0 Å². The van der Waals surface area contributed by atoms with Gasteiger partial charge in [-0.3, -0.25) is 4.79 Å². The molecule has 0 aromatic carbocycles. The van der Waals surface area contributed by atoms with Crippen LogP contribution >= 0.6 is 0 Å². The molecule has 1 aromatic rings. The SMILES string of the molecule is CC1CCN(C(=O)Cn2cc(CCCN)nn2)CC1. The minimum atomic E-state index is 0.141. The van der Waals surface area contributed by atoms with Gasteiger partial charge in [-0.2, -0.15) is 0 Å². The van der Waals surface area contributed by atoms with Gasteiger partial charge in [-0.1, -0.05) is 12.1 Å². The number of amides is 1. The van der Waals surface area contributed by atoms with Crippen molar-refractivity contribution in [2.45, 2.75) is 39.2 Å². The summed E-state index contributed by atoms with van der Waals surface area (Å²) in [6.45, 7) is 4.92. The van der Waals surface area contributed by atoms with E-state index in [4.69, 9.17) is 5.73 Å². The first-order valence-corrected chi connectivity index (χ1v) is 7.06. The molecule has 1 fully saturated rings. The topological polar surface area (TPSA) is 77.0 Å². The maximum atomic E-state index is 12.1. The number of nitrogens with two attached hydrogens (primary N) is 1. The van der Waals surface area contributed by atoms with E-state index in [1.807, 2.05) is 11.1 Å². The maximum absolute atomic E-state index is 12.1. The summed E-state index contributed by atoms with van der Waals surface area (Å²) in [4.78, 5) is 14.0. The molecule has 106 valence electrons. The molecule has 0 bridgehead atoms. The van der Waals surface area contributed by atoms with Crippen molar-refractivity contribution in [1.82, 2.24) is 19.9 Å². The summed E-state index contributed by atoms with van der Waals surface area (Å²) in [5, 5.41) is 8.05. The Morgan fingerprint density at radius 1 is 1.47 bits per heavy atom. The van der Waals surface area contributed by atoms with Gasteiger partial charge in [0.1, 0.15) is 6.54 Å². The molecule has 0 atom stereocenters. The number of nitrogens with zero attached hydrogens (tertiary/aromatic N) is 4. The number of likely N-dealkylation sites (tertiary alicyclic amines) is 1. The van der Waals surface area contributed by atoms with Crippen molar-refractivity contribution in [3.63, 3.8) is 0 Å². The quantitative estimate of drug-likeness (QED) is 0.837. The highest BCUT2D eigenvalue weighted by molar-refractivity contribution is 5.75. The van der Waals surface area contributed by atoms with Crippen molar-refractivity contribution in [3.05, 3.63) is 11.9 Å². The molecule has 6 nitrogen and oxygen atoms in total. The Morgan fingerprint density at radius 3 is 2.89 bits per heavy atom. The van der Waals surface area contributed by atoms with Gasteiger partial charge < -0.3 is 10.6 Å². The molecule has 6 heteroatoms. The number of hydrogen-bond donors (Lipinski definition) is 1. The van der Waals surface area contributed by atoms with Crippen molar-refractivity contribution in [2.24, 2.45) is 11.7 Å². The normalized spacial score (nSPS) is 16.8. The highest BCUT2D eigenvalue weighted by atomic mass is 16.2. The van der Waals surface area contributed by atoms with Gasteiger partial charge in [0.15, 0.2) is 0 Å². The highest BCUT2D eigenvalue weighted by Gasteiger charge is 2.20. The molecule has 0 radical (unpaired) electrons. The number of aryl methyl sites for hydroxylation is 1. The Morgan fingerprint density at radius 2 is 2.21 bits per heavy atom. The highest BCUT2D eigenvalue weighted by Crippen LogP contribution is 2.16. The third-order valence-electron chi connectivity index (χ3n) is 3.66. The van der Waals surface area contributed by atoms with E-state index in [1.165, 1.54) is 0 Å². The van der Waals surface area contributed by atoms with Crippen molar-refractivity contribution < 1.29 is 4.79 Å². The third kappa shape index (κ3) is 4.02. The van der Waals surface area contributed by atoms with Crippen LogP contribution < -0.4 is 5.73 Å². The zero-order valence-electron chi connectivity index (χ0n) is 11.6. The van der Waals surface area contributed by atoms with E-state index in [0.29, 0.717) is 13.1 Å². The molecule has 1 saturated heterocycles. The number of piperidine rings is 1. The van der Waals surface area contributed by atoms with Gasteiger partial charge in [0.05, 0.1) is 5.69 Å². The lowest BCUT2D eigenvalue weighted by Gasteiger charge is -2.30. The molecule has 1 amide bonds. The van der Waals surface area contributed by atoms with Crippen LogP contribution in [-0.4, -0.2) is 45.4 Å². The van der Waals surface area contributed by atoms with Crippen molar-refractivity contribution in [3.8, 4) is 0 Å². The summed E-state index contributed by atoms with van der Waals surface area (Å²) < 4.78 is 1.63. The number of carbonyl (C=O) groups is 1. The summed E-state index contributed by atoms with van der Waals surface area (Å²) in [5.41, 5.74) is 6.36. The molecular formula is C13H23N5O. The maximum Gasteiger partial charge on any atom is 0.244 e. The van der Waals surface area contributed by atoms with Crippen LogP contribution in [-0.2, 0) is 17.8 Å². The van der Waals surface area contributed by atoms with Gasteiger partial charge in [0.2, 0.25) is 5.91 Å². The molecule has 0 aliphatic carbocycles. The first-order valence-electron chi connectivity index (χ1n) is 7.06. The second-order valence-electron chi connectivity index (χ2n) is 5.36. The smallest absolute Gasteiger partial charge is 0.244 e. The monoisotopic (exact) mass is 265 g/mol. The minimum absolute atomic E-state index is 0.141. The van der Waals surface area contributed by atoms with Crippen LogP contribution in [0.5, 0.6) is 0 Å². The fourth-order valence-corrected chi connectivity index (χ4v) is 2.31. The van der Waals surface area contributed by atoms with Crippen LogP contribution in [0.3, 0.4) is 0 Å². The zero-order chi connectivity index (χ0) is 13.7. The van der Waals surface area contributed by atoms with Crippen LogP contribution in [0.15, 0.2) is 6.20 Å². The molecule has 0 unspecified atom stereocenters. The Balaban J connectivity index is 1.83. The van der Waals surface area contributed by atoms with E-state index in [0.717, 1.165) is 50.4 Å². The van der Waals surface area contributed by atoms with E-state index in [2.05, 4.69) is 17.2 Å². The van der Waals surface area contributed by atoms with Crippen molar-refractivity contribution >= 4 is 5.91 Å². The molecule has 2 N–H and O–H groups in total. The zero-order valence-corrected chi connectivity index (χ0v) is 11.6. The summed E-state index contributed by atoms with van der Waals surface area (Å²) in [7, 11) is 0. The van der Waals surface area contributed by atoms with Gasteiger partial charge in [0.25, 0.3) is 0 Å². The van der Waals surface area contributed by atoms with Crippen LogP contribution in [0.25, 0.3) is 0 Å². The lowest BCUT2D eigenvalue weighted by atomic mass is 9.99. The predicted octanol–water partition coefficient (Wildman–Crippen LogP) is 0.428. The molecule has 2 heterocycles. The van der Waals surface area contributed by atoms with Crippen molar-refractivity contribution in [1.29, 1.82) is 0 Å². The molecule has 0 saturated carbocycles. The lowest BCUT2D eigenvalue weighted by molar-refractivity contribution is -0.133. The molecule has 1 aliphatic rings. The fraction of sp³-hybridized carbons (Fsp3) is 0.769. The van der Waals surface area contributed by atoms with E-state index in [9.17, 15) is 4.79 Å². The minimum Gasteiger partial charge on any atom is -0.341 e. The summed E-state index contributed by atoms with van der Waals surface area (Å²) in [5.74, 6) is 0.875. The molecule has 2 rings (SSSR count).